The zero-order valence-corrected chi connectivity index (χ0v) is 12.5. The number of benzene rings is 1. The van der Waals surface area contributed by atoms with Crippen molar-refractivity contribution in [2.24, 2.45) is 11.7 Å². The molecule has 4 unspecified atom stereocenters. The van der Waals surface area contributed by atoms with Gasteiger partial charge < -0.3 is 10.8 Å². The lowest BCUT2D eigenvalue weighted by molar-refractivity contribution is 0.250. The zero-order chi connectivity index (χ0) is 13.7. The van der Waals surface area contributed by atoms with Gasteiger partial charge in [-0.15, -0.1) is 0 Å². The highest BCUT2D eigenvalue weighted by molar-refractivity contribution is 7.99. The van der Waals surface area contributed by atoms with E-state index < -0.39 is 0 Å². The molecule has 4 atom stereocenters. The number of thioether (sulfide) groups is 1. The summed E-state index contributed by atoms with van der Waals surface area (Å²) in [5.41, 5.74) is 7.72. The molecule has 19 heavy (non-hydrogen) atoms. The number of aliphatic hydroxyl groups is 1. The van der Waals surface area contributed by atoms with Crippen LogP contribution in [0.3, 0.4) is 0 Å². The van der Waals surface area contributed by atoms with Crippen molar-refractivity contribution in [1.82, 2.24) is 0 Å². The molecule has 0 saturated heterocycles. The van der Waals surface area contributed by atoms with Crippen LogP contribution in [-0.4, -0.2) is 28.8 Å². The zero-order valence-electron chi connectivity index (χ0n) is 11.7. The van der Waals surface area contributed by atoms with E-state index in [-0.39, 0.29) is 6.61 Å². The van der Waals surface area contributed by atoms with Gasteiger partial charge in [0.15, 0.2) is 0 Å². The van der Waals surface area contributed by atoms with Gasteiger partial charge in [-0.1, -0.05) is 37.3 Å². The molecule has 1 fully saturated rings. The smallest absolute Gasteiger partial charge is 0.0464 e. The molecule has 0 aliphatic heterocycles. The summed E-state index contributed by atoms with van der Waals surface area (Å²) in [5, 5.41) is 9.65. The Morgan fingerprint density at radius 3 is 2.74 bits per heavy atom. The largest absolute Gasteiger partial charge is 0.396 e. The van der Waals surface area contributed by atoms with Crippen LogP contribution in [0.4, 0.5) is 0 Å². The summed E-state index contributed by atoms with van der Waals surface area (Å²) in [6.45, 7) is 2.37. The van der Waals surface area contributed by atoms with E-state index in [0.29, 0.717) is 23.1 Å². The first kappa shape index (κ1) is 14.9. The predicted molar refractivity (Wildman–Crippen MR) is 83.5 cm³/mol. The normalized spacial score (nSPS) is 29.1. The van der Waals surface area contributed by atoms with Crippen LogP contribution in [0.5, 0.6) is 0 Å². The van der Waals surface area contributed by atoms with Gasteiger partial charge in [0, 0.05) is 17.9 Å². The third-order valence-electron chi connectivity index (χ3n) is 4.02. The lowest BCUT2D eigenvalue weighted by Crippen LogP contribution is -2.38. The van der Waals surface area contributed by atoms with E-state index in [2.05, 4.69) is 37.3 Å². The Hall–Kier alpha value is -0.510. The van der Waals surface area contributed by atoms with Crippen molar-refractivity contribution < 1.29 is 5.11 Å². The molecule has 0 aromatic heterocycles. The van der Waals surface area contributed by atoms with Crippen LogP contribution >= 0.6 is 11.8 Å². The number of hydrogen-bond donors (Lipinski definition) is 2. The lowest BCUT2D eigenvalue weighted by Gasteiger charge is -2.34. The van der Waals surface area contributed by atoms with Crippen LogP contribution in [-0.2, 0) is 0 Å². The fraction of sp³-hybridized carbons (Fsp3) is 0.625. The topological polar surface area (TPSA) is 46.2 Å². The first-order valence-electron chi connectivity index (χ1n) is 7.23. The van der Waals surface area contributed by atoms with E-state index in [1.165, 1.54) is 18.4 Å². The summed E-state index contributed by atoms with van der Waals surface area (Å²) in [7, 11) is 0. The van der Waals surface area contributed by atoms with Gasteiger partial charge in [0.1, 0.15) is 0 Å². The molecule has 0 heterocycles. The number of aliphatic hydroxyl groups excluding tert-OH is 1. The van der Waals surface area contributed by atoms with Gasteiger partial charge in [0.25, 0.3) is 0 Å². The van der Waals surface area contributed by atoms with Crippen molar-refractivity contribution in [2.45, 2.75) is 43.4 Å². The highest BCUT2D eigenvalue weighted by Gasteiger charge is 2.29. The molecule has 0 bridgehead atoms. The highest BCUT2D eigenvalue weighted by Crippen LogP contribution is 2.37. The third-order valence-corrected chi connectivity index (χ3v) is 5.75. The molecule has 1 aliphatic rings. The Kier molecular flexibility index (Phi) is 5.74. The number of hydrogen-bond acceptors (Lipinski definition) is 3. The fourth-order valence-corrected chi connectivity index (χ4v) is 4.15. The van der Waals surface area contributed by atoms with Crippen LogP contribution in [0.1, 0.15) is 37.7 Å². The fourth-order valence-electron chi connectivity index (χ4n) is 2.71. The van der Waals surface area contributed by atoms with Crippen molar-refractivity contribution >= 4 is 11.8 Å². The monoisotopic (exact) mass is 279 g/mol. The summed E-state index contributed by atoms with van der Waals surface area (Å²) < 4.78 is 0. The Morgan fingerprint density at radius 2 is 2.05 bits per heavy atom. The van der Waals surface area contributed by atoms with E-state index in [4.69, 9.17) is 10.8 Å². The molecule has 3 heteroatoms. The van der Waals surface area contributed by atoms with Crippen molar-refractivity contribution in [3.63, 3.8) is 0 Å². The van der Waals surface area contributed by atoms with E-state index in [9.17, 15) is 0 Å². The molecule has 106 valence electrons. The average Bonchev–Trinajstić information content (AvgIpc) is 2.47. The second-order valence-electron chi connectivity index (χ2n) is 5.74. The van der Waals surface area contributed by atoms with E-state index in [1.807, 2.05) is 11.8 Å². The van der Waals surface area contributed by atoms with Crippen molar-refractivity contribution in [3.05, 3.63) is 35.9 Å². The van der Waals surface area contributed by atoms with Gasteiger partial charge in [-0.05, 0) is 42.4 Å². The maximum atomic E-state index is 9.12. The average molecular weight is 279 g/mol. The molecular formula is C16H25NOS. The molecule has 3 N–H and O–H groups in total. The first-order chi connectivity index (χ1) is 9.20. The summed E-state index contributed by atoms with van der Waals surface area (Å²) in [4.78, 5) is 0. The van der Waals surface area contributed by atoms with Gasteiger partial charge in [-0.25, -0.2) is 0 Å². The molecule has 2 nitrogen and oxygen atoms in total. The molecule has 0 radical (unpaired) electrons. The van der Waals surface area contributed by atoms with Crippen LogP contribution in [0.2, 0.25) is 0 Å². The van der Waals surface area contributed by atoms with Gasteiger partial charge in [0.05, 0.1) is 0 Å². The minimum Gasteiger partial charge on any atom is -0.396 e. The summed E-state index contributed by atoms with van der Waals surface area (Å²) in [6.07, 6.45) is 3.50. The van der Waals surface area contributed by atoms with Crippen LogP contribution < -0.4 is 5.73 Å². The van der Waals surface area contributed by atoms with Gasteiger partial charge in [-0.3, -0.25) is 0 Å². The number of rotatable bonds is 5. The number of nitrogens with two attached hydrogens (primary N) is 1. The van der Waals surface area contributed by atoms with Gasteiger partial charge >= 0.3 is 0 Å². The standard InChI is InChI=1S/C16H25NOS/c1-12(10-18)11-19-16-9-14(7-8-15(16)17)13-5-3-2-4-6-13/h2-6,12,14-16,18H,7-11,17H2,1H3. The van der Waals surface area contributed by atoms with Crippen LogP contribution in [0.25, 0.3) is 0 Å². The molecule has 0 spiro atoms. The third kappa shape index (κ3) is 4.23. The Labute approximate surface area is 120 Å². The second kappa shape index (κ2) is 7.32. The quantitative estimate of drug-likeness (QED) is 0.871. The minimum absolute atomic E-state index is 0.275. The molecule has 0 amide bonds. The lowest BCUT2D eigenvalue weighted by atomic mass is 9.82. The van der Waals surface area contributed by atoms with E-state index in [1.54, 1.807) is 0 Å². The Balaban J connectivity index is 1.92. The molecule has 1 aromatic rings. The van der Waals surface area contributed by atoms with Gasteiger partial charge in [0.2, 0.25) is 0 Å². The predicted octanol–water partition coefficient (Wildman–Crippen LogP) is 3.01. The molecule has 1 aliphatic carbocycles. The maximum absolute atomic E-state index is 9.12. The van der Waals surface area contributed by atoms with Crippen molar-refractivity contribution in [1.29, 1.82) is 0 Å². The summed E-state index contributed by atoms with van der Waals surface area (Å²) in [6, 6.07) is 11.1. The van der Waals surface area contributed by atoms with Crippen molar-refractivity contribution in [2.75, 3.05) is 12.4 Å². The SMILES string of the molecule is CC(CO)CSC1CC(c2ccccc2)CCC1N. The van der Waals surface area contributed by atoms with Crippen LogP contribution in [0.15, 0.2) is 30.3 Å². The highest BCUT2D eigenvalue weighted by atomic mass is 32.2. The Bertz CT molecular complexity index is 370. The molecule has 1 aromatic carbocycles. The van der Waals surface area contributed by atoms with Crippen LogP contribution in [0, 0.1) is 5.92 Å². The van der Waals surface area contributed by atoms with Crippen molar-refractivity contribution in [3.8, 4) is 0 Å². The molecule has 2 rings (SSSR count). The van der Waals surface area contributed by atoms with Gasteiger partial charge in [-0.2, -0.15) is 11.8 Å². The van der Waals surface area contributed by atoms with E-state index in [0.717, 1.165) is 12.2 Å². The molecule has 1 saturated carbocycles. The summed E-state index contributed by atoms with van der Waals surface area (Å²) >= 11 is 1.95. The minimum atomic E-state index is 0.275. The molecular weight excluding hydrogens is 254 g/mol. The Morgan fingerprint density at radius 1 is 1.32 bits per heavy atom. The summed E-state index contributed by atoms with van der Waals surface area (Å²) in [5.74, 6) is 2.04. The van der Waals surface area contributed by atoms with E-state index >= 15 is 0 Å². The maximum Gasteiger partial charge on any atom is 0.0464 e. The first-order valence-corrected chi connectivity index (χ1v) is 8.28. The second-order valence-corrected chi connectivity index (χ2v) is 7.02.